The minimum Gasteiger partial charge on any atom is -0.441 e. The summed E-state index contributed by atoms with van der Waals surface area (Å²) < 4.78 is 10.7. The standard InChI is InChI=1S/C17H15ClN2O3S/c1-10-15(16(23-20-10)12-7-8-24-9-12)19-17(21)22-11(2)13-5-3-4-6-14(13)18/h3-9,11H,1-2H3,(H,19,21). The average Bonchev–Trinajstić information content (AvgIpc) is 3.18. The Balaban J connectivity index is 1.74. The monoisotopic (exact) mass is 362 g/mol. The van der Waals surface area contributed by atoms with Crippen LogP contribution >= 0.6 is 22.9 Å². The molecule has 1 aromatic carbocycles. The maximum Gasteiger partial charge on any atom is 0.412 e. The van der Waals surface area contributed by atoms with Crippen molar-refractivity contribution in [3.8, 4) is 11.3 Å². The van der Waals surface area contributed by atoms with Crippen LogP contribution in [0.1, 0.15) is 24.3 Å². The summed E-state index contributed by atoms with van der Waals surface area (Å²) in [4.78, 5) is 12.2. The van der Waals surface area contributed by atoms with Gasteiger partial charge in [-0.3, -0.25) is 5.32 Å². The number of benzene rings is 1. The molecule has 3 rings (SSSR count). The second-order valence-corrected chi connectivity index (χ2v) is 6.37. The Labute approximate surface area is 148 Å². The fraction of sp³-hybridized carbons (Fsp3) is 0.176. The van der Waals surface area contributed by atoms with Crippen LogP contribution in [-0.4, -0.2) is 11.2 Å². The topological polar surface area (TPSA) is 64.4 Å². The van der Waals surface area contributed by atoms with Crippen LogP contribution in [0.3, 0.4) is 0 Å². The van der Waals surface area contributed by atoms with E-state index < -0.39 is 12.2 Å². The van der Waals surface area contributed by atoms with Crippen molar-refractivity contribution >= 4 is 34.7 Å². The van der Waals surface area contributed by atoms with E-state index in [1.807, 2.05) is 35.0 Å². The zero-order valence-electron chi connectivity index (χ0n) is 13.1. The summed E-state index contributed by atoms with van der Waals surface area (Å²) in [6.45, 7) is 3.52. The molecular formula is C17H15ClN2O3S. The number of rotatable bonds is 4. The van der Waals surface area contributed by atoms with Crippen LogP contribution in [-0.2, 0) is 4.74 Å². The highest BCUT2D eigenvalue weighted by Gasteiger charge is 2.20. The molecule has 0 fully saturated rings. The average molecular weight is 363 g/mol. The predicted molar refractivity (Wildman–Crippen MR) is 94.5 cm³/mol. The first-order chi connectivity index (χ1) is 11.6. The van der Waals surface area contributed by atoms with Gasteiger partial charge in [-0.05, 0) is 31.4 Å². The smallest absolute Gasteiger partial charge is 0.412 e. The molecule has 0 saturated carbocycles. The molecule has 5 nitrogen and oxygen atoms in total. The summed E-state index contributed by atoms with van der Waals surface area (Å²) in [5, 5.41) is 11.0. The van der Waals surface area contributed by atoms with Crippen molar-refractivity contribution in [1.82, 2.24) is 5.16 Å². The van der Waals surface area contributed by atoms with Gasteiger partial charge in [0.15, 0.2) is 5.76 Å². The van der Waals surface area contributed by atoms with Crippen LogP contribution in [0.4, 0.5) is 10.5 Å². The molecule has 1 amide bonds. The molecular weight excluding hydrogens is 348 g/mol. The fourth-order valence-corrected chi connectivity index (χ4v) is 3.19. The van der Waals surface area contributed by atoms with Crippen molar-refractivity contribution < 1.29 is 14.1 Å². The Morgan fingerprint density at radius 1 is 1.38 bits per heavy atom. The number of nitrogens with zero attached hydrogens (tertiary/aromatic N) is 1. The lowest BCUT2D eigenvalue weighted by Gasteiger charge is -2.15. The van der Waals surface area contributed by atoms with E-state index in [9.17, 15) is 4.79 Å². The molecule has 0 aliphatic rings. The number of hydrogen-bond donors (Lipinski definition) is 1. The predicted octanol–water partition coefficient (Wildman–Crippen LogP) is 5.67. The first-order valence-electron chi connectivity index (χ1n) is 7.27. The molecule has 2 aromatic heterocycles. The molecule has 124 valence electrons. The maximum absolute atomic E-state index is 12.2. The largest absolute Gasteiger partial charge is 0.441 e. The third kappa shape index (κ3) is 3.44. The van der Waals surface area contributed by atoms with Crippen molar-refractivity contribution in [2.24, 2.45) is 0 Å². The molecule has 1 unspecified atom stereocenters. The van der Waals surface area contributed by atoms with E-state index in [2.05, 4.69) is 10.5 Å². The van der Waals surface area contributed by atoms with Gasteiger partial charge in [0.05, 0.1) is 0 Å². The van der Waals surface area contributed by atoms with Gasteiger partial charge in [0.2, 0.25) is 0 Å². The molecule has 1 N–H and O–H groups in total. The molecule has 2 heterocycles. The van der Waals surface area contributed by atoms with E-state index in [0.717, 1.165) is 11.1 Å². The summed E-state index contributed by atoms with van der Waals surface area (Å²) in [6.07, 6.45) is -1.08. The third-order valence-corrected chi connectivity index (χ3v) is 4.53. The Kier molecular flexibility index (Phi) is 4.87. The summed E-state index contributed by atoms with van der Waals surface area (Å²) >= 11 is 7.66. The SMILES string of the molecule is Cc1noc(-c2ccsc2)c1NC(=O)OC(C)c1ccccc1Cl. The molecule has 0 saturated heterocycles. The van der Waals surface area contributed by atoms with Crippen LogP contribution in [0.2, 0.25) is 5.02 Å². The summed E-state index contributed by atoms with van der Waals surface area (Å²) in [7, 11) is 0. The van der Waals surface area contributed by atoms with E-state index in [1.54, 1.807) is 19.9 Å². The van der Waals surface area contributed by atoms with E-state index in [-0.39, 0.29) is 0 Å². The highest BCUT2D eigenvalue weighted by Crippen LogP contribution is 2.33. The first-order valence-corrected chi connectivity index (χ1v) is 8.59. The lowest BCUT2D eigenvalue weighted by atomic mass is 10.1. The number of amides is 1. The summed E-state index contributed by atoms with van der Waals surface area (Å²) in [6, 6.07) is 9.15. The normalized spacial score (nSPS) is 12.0. The second-order valence-electron chi connectivity index (χ2n) is 5.18. The Hall–Kier alpha value is -2.31. The van der Waals surface area contributed by atoms with Gasteiger partial charge in [0, 0.05) is 21.5 Å². The van der Waals surface area contributed by atoms with Gasteiger partial charge >= 0.3 is 6.09 Å². The minimum atomic E-state index is -0.592. The van der Waals surface area contributed by atoms with E-state index in [0.29, 0.717) is 22.2 Å². The van der Waals surface area contributed by atoms with Crippen molar-refractivity contribution in [2.45, 2.75) is 20.0 Å². The van der Waals surface area contributed by atoms with Crippen LogP contribution in [0.15, 0.2) is 45.6 Å². The highest BCUT2D eigenvalue weighted by atomic mass is 35.5. The number of nitrogens with one attached hydrogen (secondary N) is 1. The molecule has 0 bridgehead atoms. The summed E-state index contributed by atoms with van der Waals surface area (Å²) in [5.74, 6) is 0.510. The molecule has 0 radical (unpaired) electrons. The number of ether oxygens (including phenoxy) is 1. The Morgan fingerprint density at radius 3 is 2.88 bits per heavy atom. The number of carbonyl (C=O) groups excluding carboxylic acids is 1. The number of anilines is 1. The number of carbonyl (C=O) groups is 1. The quantitative estimate of drug-likeness (QED) is 0.649. The number of halogens is 1. The van der Waals surface area contributed by atoms with Gasteiger partial charge in [-0.2, -0.15) is 11.3 Å². The van der Waals surface area contributed by atoms with Crippen LogP contribution in [0.25, 0.3) is 11.3 Å². The minimum absolute atomic E-state index is 0.483. The number of hydrogen-bond acceptors (Lipinski definition) is 5. The van der Waals surface area contributed by atoms with Crippen LogP contribution in [0, 0.1) is 6.92 Å². The molecule has 3 aromatic rings. The van der Waals surface area contributed by atoms with Gasteiger partial charge in [0.1, 0.15) is 17.5 Å². The van der Waals surface area contributed by atoms with Crippen molar-refractivity contribution in [2.75, 3.05) is 5.32 Å². The second kappa shape index (κ2) is 7.07. The Bertz CT molecular complexity index is 845. The van der Waals surface area contributed by atoms with Crippen LogP contribution < -0.4 is 5.32 Å². The van der Waals surface area contributed by atoms with Crippen molar-refractivity contribution in [3.63, 3.8) is 0 Å². The Morgan fingerprint density at radius 2 is 2.17 bits per heavy atom. The molecule has 0 spiro atoms. The first kappa shape index (κ1) is 16.5. The molecule has 24 heavy (non-hydrogen) atoms. The molecule has 0 aliphatic heterocycles. The number of thiophene rings is 1. The van der Waals surface area contributed by atoms with Gasteiger partial charge in [-0.1, -0.05) is 35.0 Å². The summed E-state index contributed by atoms with van der Waals surface area (Å²) in [5.41, 5.74) is 2.69. The van der Waals surface area contributed by atoms with Gasteiger partial charge in [0.25, 0.3) is 0 Å². The van der Waals surface area contributed by atoms with Crippen molar-refractivity contribution in [1.29, 1.82) is 0 Å². The lowest BCUT2D eigenvalue weighted by Crippen LogP contribution is -2.16. The van der Waals surface area contributed by atoms with Gasteiger partial charge in [-0.25, -0.2) is 4.79 Å². The van der Waals surface area contributed by atoms with E-state index >= 15 is 0 Å². The van der Waals surface area contributed by atoms with Gasteiger partial charge in [-0.15, -0.1) is 0 Å². The van der Waals surface area contributed by atoms with E-state index in [1.165, 1.54) is 11.3 Å². The van der Waals surface area contributed by atoms with Crippen molar-refractivity contribution in [3.05, 3.63) is 57.4 Å². The zero-order chi connectivity index (χ0) is 17.1. The maximum atomic E-state index is 12.2. The highest BCUT2D eigenvalue weighted by molar-refractivity contribution is 7.08. The third-order valence-electron chi connectivity index (χ3n) is 3.50. The lowest BCUT2D eigenvalue weighted by molar-refractivity contribution is 0.121. The number of aromatic nitrogens is 1. The fourth-order valence-electron chi connectivity index (χ4n) is 2.27. The zero-order valence-corrected chi connectivity index (χ0v) is 14.6. The molecule has 1 atom stereocenters. The number of aryl methyl sites for hydroxylation is 1. The van der Waals surface area contributed by atoms with Crippen LogP contribution in [0.5, 0.6) is 0 Å². The van der Waals surface area contributed by atoms with Gasteiger partial charge < -0.3 is 9.26 Å². The van der Waals surface area contributed by atoms with E-state index in [4.69, 9.17) is 20.9 Å². The molecule has 7 heteroatoms. The molecule has 0 aliphatic carbocycles.